The molecule has 0 aromatic heterocycles. The van der Waals surface area contributed by atoms with Gasteiger partial charge in [-0.3, -0.25) is 9.36 Å². The predicted octanol–water partition coefficient (Wildman–Crippen LogP) is 8.47. The zero-order valence-electron chi connectivity index (χ0n) is 19.7. The Balaban J connectivity index is 3.40. The molecule has 0 aliphatic carbocycles. The molecule has 0 saturated heterocycles. The number of carbonyl (C=O) groups excluding carboxylic acids is 1. The van der Waals surface area contributed by atoms with Gasteiger partial charge < -0.3 is 9.05 Å². The van der Waals surface area contributed by atoms with Crippen molar-refractivity contribution in [3.63, 3.8) is 0 Å². The van der Waals surface area contributed by atoms with Gasteiger partial charge in [0.1, 0.15) is 11.9 Å². The average molecular weight is 433 g/mol. The van der Waals surface area contributed by atoms with E-state index in [1.807, 2.05) is 0 Å². The highest BCUT2D eigenvalue weighted by Gasteiger charge is 2.26. The van der Waals surface area contributed by atoms with E-state index < -0.39 is 7.60 Å². The van der Waals surface area contributed by atoms with E-state index in [1.165, 1.54) is 89.9 Å². The van der Waals surface area contributed by atoms with Crippen LogP contribution in [0.15, 0.2) is 0 Å². The van der Waals surface area contributed by atoms with Crippen LogP contribution >= 0.6 is 7.60 Å². The molecule has 0 aliphatic heterocycles. The highest BCUT2D eigenvalue weighted by molar-refractivity contribution is 7.54. The van der Waals surface area contributed by atoms with E-state index in [9.17, 15) is 9.36 Å². The summed E-state index contributed by atoms with van der Waals surface area (Å²) in [5.41, 5.74) is 0. The van der Waals surface area contributed by atoms with Crippen LogP contribution in [0.3, 0.4) is 0 Å². The van der Waals surface area contributed by atoms with Crippen LogP contribution in [0.2, 0.25) is 0 Å². The van der Waals surface area contributed by atoms with Crippen molar-refractivity contribution in [1.29, 1.82) is 0 Å². The monoisotopic (exact) mass is 432 g/mol. The first-order valence-electron chi connectivity index (χ1n) is 12.5. The summed E-state index contributed by atoms with van der Waals surface area (Å²) in [5.74, 6) is 0.000553. The van der Waals surface area contributed by atoms with Crippen LogP contribution in [-0.4, -0.2) is 25.2 Å². The zero-order valence-corrected chi connectivity index (χ0v) is 20.6. The summed E-state index contributed by atoms with van der Waals surface area (Å²) in [5, 5.41) is 0. The maximum Gasteiger partial charge on any atom is 0.338 e. The molecule has 0 bridgehead atoms. The normalized spacial score (nSPS) is 11.8. The van der Waals surface area contributed by atoms with Crippen LogP contribution < -0.4 is 0 Å². The molecular formula is C24H49O4P. The van der Waals surface area contributed by atoms with Gasteiger partial charge in [0, 0.05) is 6.42 Å². The van der Waals surface area contributed by atoms with Crippen molar-refractivity contribution in [3.05, 3.63) is 0 Å². The predicted molar refractivity (Wildman–Crippen MR) is 125 cm³/mol. The summed E-state index contributed by atoms with van der Waals surface area (Å²) in [7, 11) is -3.22. The molecule has 0 radical (unpaired) electrons. The molecule has 0 saturated carbocycles. The topological polar surface area (TPSA) is 52.6 Å². The first-order valence-corrected chi connectivity index (χ1v) is 14.2. The Morgan fingerprint density at radius 1 is 0.586 bits per heavy atom. The van der Waals surface area contributed by atoms with Gasteiger partial charge in [0.05, 0.1) is 13.2 Å². The van der Waals surface area contributed by atoms with Crippen molar-refractivity contribution >= 4 is 13.4 Å². The minimum Gasteiger partial charge on any atom is -0.309 e. The fraction of sp³-hybridized carbons (Fsp3) is 0.958. The van der Waals surface area contributed by atoms with Crippen LogP contribution in [0.4, 0.5) is 0 Å². The molecule has 0 N–H and O–H groups in total. The van der Waals surface area contributed by atoms with E-state index in [2.05, 4.69) is 6.92 Å². The third-order valence-electron chi connectivity index (χ3n) is 5.33. The van der Waals surface area contributed by atoms with E-state index in [0.29, 0.717) is 19.6 Å². The number of unbranched alkanes of at least 4 members (excludes halogenated alkanes) is 15. The van der Waals surface area contributed by atoms with Gasteiger partial charge in [-0.05, 0) is 20.3 Å². The average Bonchev–Trinajstić information content (AvgIpc) is 2.67. The fourth-order valence-corrected chi connectivity index (χ4v) is 5.32. The first-order chi connectivity index (χ1) is 14.1. The lowest BCUT2D eigenvalue weighted by Crippen LogP contribution is -2.09. The second-order valence-electron chi connectivity index (χ2n) is 8.20. The Kier molecular flexibility index (Phi) is 20.9. The maximum atomic E-state index is 12.3. The molecule has 0 unspecified atom stereocenters. The molecule has 0 spiro atoms. The minimum atomic E-state index is -3.22. The summed E-state index contributed by atoms with van der Waals surface area (Å²) in [6.45, 7) is 6.43. The first kappa shape index (κ1) is 28.8. The minimum absolute atomic E-state index is 0.000553. The molecule has 0 aromatic carbocycles. The van der Waals surface area contributed by atoms with Crippen LogP contribution in [0.5, 0.6) is 0 Å². The Morgan fingerprint density at radius 3 is 1.28 bits per heavy atom. The lowest BCUT2D eigenvalue weighted by atomic mass is 10.0. The molecular weight excluding hydrogens is 383 g/mol. The molecule has 0 aromatic rings. The van der Waals surface area contributed by atoms with E-state index in [1.54, 1.807) is 13.8 Å². The van der Waals surface area contributed by atoms with Crippen LogP contribution in [0.1, 0.15) is 130 Å². The summed E-state index contributed by atoms with van der Waals surface area (Å²) in [6, 6.07) is 0. The number of ketones is 1. The van der Waals surface area contributed by atoms with Gasteiger partial charge in [-0.25, -0.2) is 0 Å². The van der Waals surface area contributed by atoms with Gasteiger partial charge in [0.25, 0.3) is 0 Å². The van der Waals surface area contributed by atoms with Crippen molar-refractivity contribution < 1.29 is 18.4 Å². The Bertz CT molecular complexity index is 402. The quantitative estimate of drug-likeness (QED) is 0.120. The van der Waals surface area contributed by atoms with Crippen molar-refractivity contribution in [2.24, 2.45) is 0 Å². The molecule has 0 aliphatic rings. The molecule has 0 amide bonds. The molecule has 5 heteroatoms. The Hall–Kier alpha value is -0.180. The Labute approximate surface area is 181 Å². The lowest BCUT2D eigenvalue weighted by molar-refractivity contribution is -0.117. The van der Waals surface area contributed by atoms with Crippen molar-refractivity contribution in [3.8, 4) is 0 Å². The number of hydrogen-bond donors (Lipinski definition) is 0. The van der Waals surface area contributed by atoms with Gasteiger partial charge in [0.15, 0.2) is 0 Å². The van der Waals surface area contributed by atoms with E-state index in [4.69, 9.17) is 9.05 Å². The van der Waals surface area contributed by atoms with Gasteiger partial charge in [-0.15, -0.1) is 0 Å². The smallest absolute Gasteiger partial charge is 0.309 e. The molecule has 0 rings (SSSR count). The van der Waals surface area contributed by atoms with Crippen molar-refractivity contribution in [1.82, 2.24) is 0 Å². The van der Waals surface area contributed by atoms with Gasteiger partial charge >= 0.3 is 7.60 Å². The SMILES string of the molecule is CCCCCCCCCCCCCCCCCCC(=O)CP(=O)(OCC)OCC. The summed E-state index contributed by atoms with van der Waals surface area (Å²) in [6.07, 6.45) is 21.5. The van der Waals surface area contributed by atoms with Gasteiger partial charge in [0.2, 0.25) is 0 Å². The zero-order chi connectivity index (χ0) is 21.6. The highest BCUT2D eigenvalue weighted by atomic mass is 31.2. The van der Waals surface area contributed by atoms with E-state index in [0.717, 1.165) is 12.8 Å². The van der Waals surface area contributed by atoms with Crippen LogP contribution in [-0.2, 0) is 18.4 Å². The maximum absolute atomic E-state index is 12.3. The lowest BCUT2D eigenvalue weighted by Gasteiger charge is -2.16. The molecule has 0 heterocycles. The summed E-state index contributed by atoms with van der Waals surface area (Å²) >= 11 is 0. The number of rotatable bonds is 23. The number of Topliss-reactive ketones (excluding diaryl/α,β-unsaturated/α-hetero) is 1. The van der Waals surface area contributed by atoms with E-state index >= 15 is 0 Å². The largest absolute Gasteiger partial charge is 0.338 e. The second kappa shape index (κ2) is 21.1. The fourth-order valence-electron chi connectivity index (χ4n) is 3.69. The van der Waals surface area contributed by atoms with E-state index in [-0.39, 0.29) is 11.9 Å². The van der Waals surface area contributed by atoms with Crippen LogP contribution in [0.25, 0.3) is 0 Å². The molecule has 174 valence electrons. The molecule has 0 atom stereocenters. The van der Waals surface area contributed by atoms with Crippen molar-refractivity contribution in [2.75, 3.05) is 19.4 Å². The number of carbonyl (C=O) groups is 1. The molecule has 0 fully saturated rings. The van der Waals surface area contributed by atoms with Gasteiger partial charge in [-0.2, -0.15) is 0 Å². The second-order valence-corrected chi connectivity index (χ2v) is 10.3. The van der Waals surface area contributed by atoms with Crippen molar-refractivity contribution in [2.45, 2.75) is 130 Å². The standard InChI is InChI=1S/C24H49O4P/c1-4-7-8-9-10-11-12-13-14-15-16-17-18-19-20-21-22-24(25)23-29(26,27-5-2)28-6-3/h4-23H2,1-3H3. The summed E-state index contributed by atoms with van der Waals surface area (Å²) in [4.78, 5) is 12.0. The number of hydrogen-bond acceptors (Lipinski definition) is 4. The van der Waals surface area contributed by atoms with Crippen LogP contribution in [0, 0.1) is 0 Å². The van der Waals surface area contributed by atoms with Gasteiger partial charge in [-0.1, -0.05) is 103 Å². The summed E-state index contributed by atoms with van der Waals surface area (Å²) < 4.78 is 22.7. The third kappa shape index (κ3) is 19.5. The molecule has 4 nitrogen and oxygen atoms in total. The molecule has 29 heavy (non-hydrogen) atoms. The third-order valence-corrected chi connectivity index (χ3v) is 7.37. The Morgan fingerprint density at radius 2 is 0.931 bits per heavy atom. The highest BCUT2D eigenvalue weighted by Crippen LogP contribution is 2.48.